The number of halogens is 2. The van der Waals surface area contributed by atoms with Gasteiger partial charge in [0.15, 0.2) is 5.78 Å². The summed E-state index contributed by atoms with van der Waals surface area (Å²) in [5, 5.41) is 0.921. The van der Waals surface area contributed by atoms with E-state index in [1.807, 2.05) is 36.4 Å². The summed E-state index contributed by atoms with van der Waals surface area (Å²) in [6.07, 6.45) is 3.61. The fourth-order valence-electron chi connectivity index (χ4n) is 1.68. The third kappa shape index (κ3) is 3.95. The van der Waals surface area contributed by atoms with Gasteiger partial charge in [-0.3, -0.25) is 4.79 Å². The predicted molar refractivity (Wildman–Crippen MR) is 80.6 cm³/mol. The molecule has 0 aliphatic carbocycles. The molecule has 96 valence electrons. The van der Waals surface area contributed by atoms with Crippen LogP contribution in [0.4, 0.5) is 0 Å². The highest BCUT2D eigenvalue weighted by molar-refractivity contribution is 6.42. The average Bonchev–Trinajstić information content (AvgIpc) is 2.43. The first-order chi connectivity index (χ1) is 9.16. The van der Waals surface area contributed by atoms with Gasteiger partial charge >= 0.3 is 0 Å². The van der Waals surface area contributed by atoms with E-state index in [2.05, 4.69) is 0 Å². The number of hydrogen-bond acceptors (Lipinski definition) is 1. The van der Waals surface area contributed by atoms with Crippen LogP contribution in [0, 0.1) is 0 Å². The van der Waals surface area contributed by atoms with Gasteiger partial charge in [0.1, 0.15) is 0 Å². The summed E-state index contributed by atoms with van der Waals surface area (Å²) in [6, 6.07) is 15.0. The third-order valence-electron chi connectivity index (χ3n) is 2.66. The van der Waals surface area contributed by atoms with Gasteiger partial charge in [-0.25, -0.2) is 0 Å². The minimum Gasteiger partial charge on any atom is -0.294 e. The predicted octanol–water partition coefficient (Wildman–Crippen LogP) is 4.82. The molecule has 2 aromatic rings. The Bertz CT molecular complexity index is 603. The van der Waals surface area contributed by atoms with E-state index in [1.165, 1.54) is 0 Å². The van der Waals surface area contributed by atoms with Gasteiger partial charge in [0.2, 0.25) is 0 Å². The standard InChI is InChI=1S/C16H12Cl2O/c17-15-8-4-7-13(16(15)18)11-14(19)10-9-12-5-2-1-3-6-12/h1-10H,11H2/b10-9+. The van der Waals surface area contributed by atoms with Gasteiger partial charge in [-0.15, -0.1) is 0 Å². The molecule has 19 heavy (non-hydrogen) atoms. The normalized spacial score (nSPS) is 10.8. The smallest absolute Gasteiger partial charge is 0.160 e. The minimum absolute atomic E-state index is 0.00646. The second kappa shape index (κ2) is 6.55. The molecule has 3 heteroatoms. The Balaban J connectivity index is 2.06. The summed E-state index contributed by atoms with van der Waals surface area (Å²) in [5.41, 5.74) is 1.74. The second-order valence-electron chi connectivity index (χ2n) is 4.10. The van der Waals surface area contributed by atoms with Crippen molar-refractivity contribution < 1.29 is 4.79 Å². The van der Waals surface area contributed by atoms with Crippen LogP contribution in [0.1, 0.15) is 11.1 Å². The Labute approximate surface area is 122 Å². The van der Waals surface area contributed by atoms with Gasteiger partial charge in [0.25, 0.3) is 0 Å². The fraction of sp³-hybridized carbons (Fsp3) is 0.0625. The van der Waals surface area contributed by atoms with Crippen LogP contribution in [0.5, 0.6) is 0 Å². The molecule has 0 radical (unpaired) electrons. The molecule has 1 nitrogen and oxygen atoms in total. The lowest BCUT2D eigenvalue weighted by molar-refractivity contribution is -0.113. The molecular formula is C16H12Cl2O. The number of carbonyl (C=O) groups excluding carboxylic acids is 1. The molecule has 0 bridgehead atoms. The number of benzene rings is 2. The van der Waals surface area contributed by atoms with E-state index in [1.54, 1.807) is 24.3 Å². The number of allylic oxidation sites excluding steroid dienone is 1. The Kier molecular flexibility index (Phi) is 4.78. The third-order valence-corrected chi connectivity index (χ3v) is 3.52. The maximum Gasteiger partial charge on any atom is 0.160 e. The lowest BCUT2D eigenvalue weighted by Gasteiger charge is -2.02. The summed E-state index contributed by atoms with van der Waals surface area (Å²) in [4.78, 5) is 11.9. The minimum atomic E-state index is -0.00646. The van der Waals surface area contributed by atoms with E-state index in [4.69, 9.17) is 23.2 Å². The molecule has 0 N–H and O–H groups in total. The number of ketones is 1. The number of carbonyl (C=O) groups is 1. The SMILES string of the molecule is O=C(/C=C/c1ccccc1)Cc1cccc(Cl)c1Cl. The molecule has 0 saturated heterocycles. The quantitative estimate of drug-likeness (QED) is 0.738. The first-order valence-electron chi connectivity index (χ1n) is 5.85. The van der Waals surface area contributed by atoms with Crippen LogP contribution >= 0.6 is 23.2 Å². The Hall–Kier alpha value is -1.57. The van der Waals surface area contributed by atoms with Crippen molar-refractivity contribution in [2.45, 2.75) is 6.42 Å². The number of hydrogen-bond donors (Lipinski definition) is 0. The van der Waals surface area contributed by atoms with Crippen LogP contribution in [0.15, 0.2) is 54.6 Å². The van der Waals surface area contributed by atoms with Crippen molar-refractivity contribution in [1.29, 1.82) is 0 Å². The zero-order valence-corrected chi connectivity index (χ0v) is 11.7. The molecule has 0 fully saturated rings. The highest BCUT2D eigenvalue weighted by Crippen LogP contribution is 2.25. The van der Waals surface area contributed by atoms with Crippen molar-refractivity contribution in [3.05, 3.63) is 75.8 Å². The van der Waals surface area contributed by atoms with Crippen LogP contribution in [-0.2, 0) is 11.2 Å². The van der Waals surface area contributed by atoms with Crippen LogP contribution < -0.4 is 0 Å². The van der Waals surface area contributed by atoms with Crippen molar-refractivity contribution in [2.75, 3.05) is 0 Å². The van der Waals surface area contributed by atoms with Crippen molar-refractivity contribution in [1.82, 2.24) is 0 Å². The van der Waals surface area contributed by atoms with Crippen LogP contribution in [-0.4, -0.2) is 5.78 Å². The van der Waals surface area contributed by atoms with Gasteiger partial charge in [-0.2, -0.15) is 0 Å². The second-order valence-corrected chi connectivity index (χ2v) is 4.89. The number of rotatable bonds is 4. The van der Waals surface area contributed by atoms with Crippen molar-refractivity contribution >= 4 is 35.1 Å². The molecule has 2 rings (SSSR count). The largest absolute Gasteiger partial charge is 0.294 e. The van der Waals surface area contributed by atoms with E-state index < -0.39 is 0 Å². The lowest BCUT2D eigenvalue weighted by Crippen LogP contribution is -1.99. The van der Waals surface area contributed by atoms with Crippen molar-refractivity contribution in [2.24, 2.45) is 0 Å². The summed E-state index contributed by atoms with van der Waals surface area (Å²) >= 11 is 12.0. The summed E-state index contributed by atoms with van der Waals surface area (Å²) in [5.74, 6) is -0.00646. The summed E-state index contributed by atoms with van der Waals surface area (Å²) in [7, 11) is 0. The Morgan fingerprint density at radius 2 is 1.74 bits per heavy atom. The molecule has 0 aliphatic rings. The highest BCUT2D eigenvalue weighted by atomic mass is 35.5. The summed E-state index contributed by atoms with van der Waals surface area (Å²) < 4.78 is 0. The topological polar surface area (TPSA) is 17.1 Å². The van der Waals surface area contributed by atoms with Gasteiger partial charge in [0.05, 0.1) is 10.0 Å². The zero-order chi connectivity index (χ0) is 13.7. The molecule has 0 aliphatic heterocycles. The van der Waals surface area contributed by atoms with Crippen molar-refractivity contribution in [3.8, 4) is 0 Å². The van der Waals surface area contributed by atoms with Crippen LogP contribution in [0.3, 0.4) is 0 Å². The maximum atomic E-state index is 11.9. The van der Waals surface area contributed by atoms with Gasteiger partial charge in [0, 0.05) is 6.42 Å². The van der Waals surface area contributed by atoms with E-state index in [0.717, 1.165) is 11.1 Å². The monoisotopic (exact) mass is 290 g/mol. The lowest BCUT2D eigenvalue weighted by atomic mass is 10.1. The Morgan fingerprint density at radius 1 is 1.00 bits per heavy atom. The molecule has 0 aromatic heterocycles. The molecule has 2 aromatic carbocycles. The van der Waals surface area contributed by atoms with Crippen molar-refractivity contribution in [3.63, 3.8) is 0 Å². The van der Waals surface area contributed by atoms with E-state index in [9.17, 15) is 4.79 Å². The fourth-order valence-corrected chi connectivity index (χ4v) is 2.07. The average molecular weight is 291 g/mol. The molecule has 0 unspecified atom stereocenters. The zero-order valence-electron chi connectivity index (χ0n) is 10.1. The first kappa shape index (κ1) is 13.9. The van der Waals surface area contributed by atoms with E-state index >= 15 is 0 Å². The highest BCUT2D eigenvalue weighted by Gasteiger charge is 2.07. The molecule has 0 amide bonds. The van der Waals surface area contributed by atoms with E-state index in [-0.39, 0.29) is 12.2 Å². The molecular weight excluding hydrogens is 279 g/mol. The maximum absolute atomic E-state index is 11.9. The van der Waals surface area contributed by atoms with Gasteiger partial charge in [-0.05, 0) is 23.3 Å². The first-order valence-corrected chi connectivity index (χ1v) is 6.61. The molecule has 0 atom stereocenters. The van der Waals surface area contributed by atoms with Gasteiger partial charge < -0.3 is 0 Å². The molecule has 0 spiro atoms. The van der Waals surface area contributed by atoms with Crippen LogP contribution in [0.25, 0.3) is 6.08 Å². The molecule has 0 heterocycles. The van der Waals surface area contributed by atoms with Crippen LogP contribution in [0.2, 0.25) is 10.0 Å². The Morgan fingerprint density at radius 3 is 2.47 bits per heavy atom. The van der Waals surface area contributed by atoms with E-state index in [0.29, 0.717) is 10.0 Å². The summed E-state index contributed by atoms with van der Waals surface area (Å²) in [6.45, 7) is 0. The molecule has 0 saturated carbocycles. The van der Waals surface area contributed by atoms with Gasteiger partial charge in [-0.1, -0.05) is 71.7 Å².